The summed E-state index contributed by atoms with van der Waals surface area (Å²) < 4.78 is 28.8. The van der Waals surface area contributed by atoms with Crippen LogP contribution in [0.3, 0.4) is 0 Å². The summed E-state index contributed by atoms with van der Waals surface area (Å²) in [6, 6.07) is -1.03. The van der Waals surface area contributed by atoms with Gasteiger partial charge in [0, 0.05) is 51.7 Å². The van der Waals surface area contributed by atoms with Crippen LogP contribution in [-0.2, 0) is 4.79 Å². The van der Waals surface area contributed by atoms with Crippen LogP contribution >= 0.6 is 0 Å². The Bertz CT molecular complexity index is 413. The maximum Gasteiger partial charge on any atom is 0.280 e. The Morgan fingerprint density at radius 2 is 1.79 bits per heavy atom. The normalized spacial score (nSPS) is 27.8. The lowest BCUT2D eigenvalue weighted by atomic mass is 9.99. The molecule has 2 saturated heterocycles. The van der Waals surface area contributed by atoms with Gasteiger partial charge >= 0.3 is 0 Å². The molecule has 0 spiro atoms. The van der Waals surface area contributed by atoms with Crippen molar-refractivity contribution in [1.82, 2.24) is 20.0 Å². The summed E-state index contributed by atoms with van der Waals surface area (Å²) in [6.07, 6.45) is 0.985. The molecule has 0 aliphatic carbocycles. The highest BCUT2D eigenvalue weighted by molar-refractivity contribution is 5.78. The highest BCUT2D eigenvalue weighted by Crippen LogP contribution is 2.27. The molecule has 0 bridgehead atoms. The van der Waals surface area contributed by atoms with E-state index in [1.165, 1.54) is 0 Å². The number of likely N-dealkylation sites (tertiary alicyclic amines) is 1. The first-order valence-corrected chi connectivity index (χ1v) is 9.13. The molecule has 0 radical (unpaired) electrons. The first-order valence-electron chi connectivity index (χ1n) is 9.13. The number of carbonyl (C=O) groups is 1. The Morgan fingerprint density at radius 1 is 1.17 bits per heavy atom. The van der Waals surface area contributed by atoms with Gasteiger partial charge in [0.2, 0.25) is 5.91 Å². The quantitative estimate of drug-likeness (QED) is 0.782. The number of amides is 1. The summed E-state index contributed by atoms with van der Waals surface area (Å²) in [4.78, 5) is 18.4. The monoisotopic (exact) mass is 346 g/mol. The van der Waals surface area contributed by atoms with Crippen LogP contribution in [0.5, 0.6) is 0 Å². The summed E-state index contributed by atoms with van der Waals surface area (Å²) in [5.74, 6) is -3.33. The molecule has 2 heterocycles. The first-order chi connectivity index (χ1) is 11.3. The largest absolute Gasteiger partial charge is 0.347 e. The molecule has 2 aliphatic heterocycles. The molecular weight excluding hydrogens is 314 g/mol. The Hall–Kier alpha value is -0.790. The number of piperidine rings is 1. The number of hydrogen-bond donors (Lipinski definition) is 1. The van der Waals surface area contributed by atoms with Gasteiger partial charge in [-0.2, -0.15) is 0 Å². The van der Waals surface area contributed by atoms with E-state index in [9.17, 15) is 13.6 Å². The molecule has 2 aliphatic rings. The van der Waals surface area contributed by atoms with Gasteiger partial charge in [0.25, 0.3) is 5.92 Å². The topological polar surface area (TPSA) is 38.8 Å². The highest BCUT2D eigenvalue weighted by Gasteiger charge is 2.45. The number of alkyl halides is 2. The van der Waals surface area contributed by atoms with Gasteiger partial charge in [-0.1, -0.05) is 13.8 Å². The van der Waals surface area contributed by atoms with Crippen molar-refractivity contribution in [2.75, 3.05) is 59.4 Å². The van der Waals surface area contributed by atoms with E-state index >= 15 is 0 Å². The maximum atomic E-state index is 14.4. The summed E-state index contributed by atoms with van der Waals surface area (Å²) in [5.41, 5.74) is 0. The molecule has 0 aromatic carbocycles. The third-order valence-electron chi connectivity index (χ3n) is 5.38. The maximum absolute atomic E-state index is 14.4. The van der Waals surface area contributed by atoms with Crippen molar-refractivity contribution in [3.63, 3.8) is 0 Å². The molecule has 140 valence electrons. The fourth-order valence-electron chi connectivity index (χ4n) is 3.23. The van der Waals surface area contributed by atoms with Crippen molar-refractivity contribution in [2.24, 2.45) is 5.92 Å². The zero-order chi connectivity index (χ0) is 17.7. The van der Waals surface area contributed by atoms with Crippen molar-refractivity contribution < 1.29 is 13.6 Å². The molecule has 5 nitrogen and oxygen atoms in total. The van der Waals surface area contributed by atoms with Crippen LogP contribution < -0.4 is 5.32 Å². The van der Waals surface area contributed by atoms with Crippen molar-refractivity contribution in [3.05, 3.63) is 0 Å². The molecule has 0 aromatic rings. The van der Waals surface area contributed by atoms with Crippen molar-refractivity contribution in [1.29, 1.82) is 0 Å². The van der Waals surface area contributed by atoms with E-state index in [0.717, 1.165) is 32.7 Å². The minimum atomic E-state index is -2.86. The van der Waals surface area contributed by atoms with E-state index in [2.05, 4.69) is 22.2 Å². The molecule has 2 rings (SSSR count). The Kier molecular flexibility index (Phi) is 6.95. The second kappa shape index (κ2) is 8.54. The Labute approximate surface area is 144 Å². The third-order valence-corrected chi connectivity index (χ3v) is 5.38. The lowest BCUT2D eigenvalue weighted by Gasteiger charge is -2.40. The smallest absolute Gasteiger partial charge is 0.280 e. The van der Waals surface area contributed by atoms with E-state index in [1.807, 2.05) is 11.8 Å². The summed E-state index contributed by atoms with van der Waals surface area (Å²) in [5, 5.41) is 2.56. The summed E-state index contributed by atoms with van der Waals surface area (Å²) in [7, 11) is 2.11. The van der Waals surface area contributed by atoms with Crippen LogP contribution in [0.25, 0.3) is 0 Å². The van der Waals surface area contributed by atoms with E-state index in [1.54, 1.807) is 6.92 Å². The number of nitrogens with zero attached hydrogens (tertiary/aromatic N) is 3. The number of carbonyl (C=O) groups excluding carboxylic acids is 1. The SMILES string of the molecule is CCC(C)C(=O)NC1CCN(CCN2CCN(C)CC2)CC1(F)F. The summed E-state index contributed by atoms with van der Waals surface area (Å²) >= 11 is 0. The van der Waals surface area contributed by atoms with E-state index < -0.39 is 12.0 Å². The molecule has 2 atom stereocenters. The predicted octanol–water partition coefficient (Wildman–Crippen LogP) is 1.11. The zero-order valence-corrected chi connectivity index (χ0v) is 15.2. The molecule has 7 heteroatoms. The van der Waals surface area contributed by atoms with E-state index in [0.29, 0.717) is 25.9 Å². The van der Waals surface area contributed by atoms with Gasteiger partial charge in [-0.05, 0) is 19.9 Å². The number of hydrogen-bond acceptors (Lipinski definition) is 4. The van der Waals surface area contributed by atoms with Crippen molar-refractivity contribution in [3.8, 4) is 0 Å². The fraction of sp³-hybridized carbons (Fsp3) is 0.941. The fourth-order valence-corrected chi connectivity index (χ4v) is 3.23. The van der Waals surface area contributed by atoms with Gasteiger partial charge in [0.1, 0.15) is 0 Å². The average Bonchev–Trinajstić information content (AvgIpc) is 2.55. The molecule has 24 heavy (non-hydrogen) atoms. The molecule has 2 fully saturated rings. The van der Waals surface area contributed by atoms with Gasteiger partial charge < -0.3 is 10.2 Å². The lowest BCUT2D eigenvalue weighted by molar-refractivity contribution is -0.134. The molecule has 0 saturated carbocycles. The van der Waals surface area contributed by atoms with Crippen molar-refractivity contribution in [2.45, 2.75) is 38.7 Å². The number of piperazine rings is 1. The second-order valence-corrected chi connectivity index (χ2v) is 7.34. The van der Waals surface area contributed by atoms with Gasteiger partial charge in [-0.25, -0.2) is 8.78 Å². The summed E-state index contributed by atoms with van der Waals surface area (Å²) in [6.45, 7) is 9.64. The standard InChI is InChI=1S/C17H32F2N4O/c1-4-14(2)16(24)20-15-5-6-23(13-17(15,18)19)12-11-22-9-7-21(3)8-10-22/h14-15H,4-13H2,1-3H3,(H,20,24). The van der Waals surface area contributed by atoms with E-state index in [-0.39, 0.29) is 18.4 Å². The van der Waals surface area contributed by atoms with Crippen molar-refractivity contribution >= 4 is 5.91 Å². The van der Waals surface area contributed by atoms with Gasteiger partial charge in [0.05, 0.1) is 12.6 Å². The lowest BCUT2D eigenvalue weighted by Crippen LogP contribution is -2.59. The van der Waals surface area contributed by atoms with Crippen LogP contribution in [-0.4, -0.2) is 92.0 Å². The Morgan fingerprint density at radius 3 is 2.38 bits per heavy atom. The second-order valence-electron chi connectivity index (χ2n) is 7.34. The number of nitrogens with one attached hydrogen (secondary N) is 1. The highest BCUT2D eigenvalue weighted by atomic mass is 19.3. The Balaban J connectivity index is 1.77. The molecular formula is C17H32F2N4O. The predicted molar refractivity (Wildman–Crippen MR) is 91.3 cm³/mol. The average molecular weight is 346 g/mol. The van der Waals surface area contributed by atoms with Gasteiger partial charge in [-0.3, -0.25) is 14.6 Å². The minimum absolute atomic E-state index is 0.212. The zero-order valence-electron chi connectivity index (χ0n) is 15.2. The van der Waals surface area contributed by atoms with E-state index in [4.69, 9.17) is 0 Å². The van der Waals surface area contributed by atoms with Crippen LogP contribution in [0.15, 0.2) is 0 Å². The first kappa shape index (κ1) is 19.5. The van der Waals surface area contributed by atoms with Crippen LogP contribution in [0.2, 0.25) is 0 Å². The molecule has 1 amide bonds. The van der Waals surface area contributed by atoms with Gasteiger partial charge in [-0.15, -0.1) is 0 Å². The minimum Gasteiger partial charge on any atom is -0.347 e. The van der Waals surface area contributed by atoms with Gasteiger partial charge in [0.15, 0.2) is 0 Å². The third kappa shape index (κ3) is 5.36. The molecule has 1 N–H and O–H groups in total. The molecule has 2 unspecified atom stereocenters. The number of halogens is 2. The van der Waals surface area contributed by atoms with Crippen LogP contribution in [0.1, 0.15) is 26.7 Å². The van der Waals surface area contributed by atoms with Crippen LogP contribution in [0.4, 0.5) is 8.78 Å². The molecule has 0 aromatic heterocycles. The number of rotatable bonds is 6. The van der Waals surface area contributed by atoms with Crippen LogP contribution in [0, 0.1) is 5.92 Å². The number of likely N-dealkylation sites (N-methyl/N-ethyl adjacent to an activating group) is 1.